The van der Waals surface area contributed by atoms with E-state index in [-0.39, 0.29) is 31.2 Å². The SMILES string of the molecule is O=S(=O)(O)C(c1ccccc1)(c1cc(Cl)cc(Cl)c1Cl)c1c(Cl)ccc(O)c1O. The summed E-state index contributed by atoms with van der Waals surface area (Å²) in [5.41, 5.74) is -0.785. The quantitative estimate of drug-likeness (QED) is 0.182. The second kappa shape index (κ2) is 7.87. The van der Waals surface area contributed by atoms with E-state index in [4.69, 9.17) is 46.4 Å². The molecule has 0 spiro atoms. The summed E-state index contributed by atoms with van der Waals surface area (Å²) in [5, 5.41) is 20.1. The summed E-state index contributed by atoms with van der Waals surface area (Å²) in [4.78, 5) is 0. The lowest BCUT2D eigenvalue weighted by atomic mass is 9.83. The Kier molecular flexibility index (Phi) is 5.98. The largest absolute Gasteiger partial charge is 0.504 e. The summed E-state index contributed by atoms with van der Waals surface area (Å²) in [7, 11) is -5.16. The number of benzene rings is 3. The highest BCUT2D eigenvalue weighted by Crippen LogP contribution is 2.54. The van der Waals surface area contributed by atoms with Crippen LogP contribution in [0.5, 0.6) is 11.5 Å². The van der Waals surface area contributed by atoms with Crippen LogP contribution >= 0.6 is 46.4 Å². The molecule has 0 saturated heterocycles. The molecule has 0 heterocycles. The predicted octanol–water partition coefficient (Wildman–Crippen LogP) is 5.89. The minimum absolute atomic E-state index is 0.0223. The molecule has 3 aromatic carbocycles. The number of rotatable bonds is 4. The van der Waals surface area contributed by atoms with Crippen molar-refractivity contribution in [2.24, 2.45) is 0 Å². The first-order chi connectivity index (χ1) is 13.5. The van der Waals surface area contributed by atoms with E-state index in [1.165, 1.54) is 42.5 Å². The first-order valence-corrected chi connectivity index (χ1v) is 10.9. The summed E-state index contributed by atoms with van der Waals surface area (Å²) in [6.45, 7) is 0. The highest BCUT2D eigenvalue weighted by atomic mass is 35.5. The molecule has 0 saturated carbocycles. The monoisotopic (exact) mass is 492 g/mol. The molecule has 10 heteroatoms. The zero-order chi connectivity index (χ0) is 21.6. The summed E-state index contributed by atoms with van der Waals surface area (Å²) in [5.74, 6) is -1.51. The van der Waals surface area contributed by atoms with Gasteiger partial charge in [-0.3, -0.25) is 4.55 Å². The number of aromatic hydroxyl groups is 2. The zero-order valence-corrected chi connectivity index (χ0v) is 18.1. The van der Waals surface area contributed by atoms with Crippen LogP contribution in [0.1, 0.15) is 16.7 Å². The lowest BCUT2D eigenvalue weighted by Crippen LogP contribution is -2.39. The van der Waals surface area contributed by atoms with Gasteiger partial charge in [0, 0.05) is 16.1 Å². The highest BCUT2D eigenvalue weighted by Gasteiger charge is 2.53. The predicted molar refractivity (Wildman–Crippen MR) is 114 cm³/mol. The molecular weight excluding hydrogens is 482 g/mol. The van der Waals surface area contributed by atoms with E-state index in [0.717, 1.165) is 6.07 Å². The van der Waals surface area contributed by atoms with Crippen molar-refractivity contribution in [1.29, 1.82) is 0 Å². The maximum atomic E-state index is 13.0. The fraction of sp³-hybridized carbons (Fsp3) is 0.0526. The van der Waals surface area contributed by atoms with Crippen molar-refractivity contribution in [1.82, 2.24) is 0 Å². The molecule has 1 unspecified atom stereocenters. The van der Waals surface area contributed by atoms with E-state index in [2.05, 4.69) is 0 Å². The average molecular weight is 494 g/mol. The molecule has 3 aromatic rings. The van der Waals surface area contributed by atoms with Gasteiger partial charge in [0.25, 0.3) is 10.1 Å². The van der Waals surface area contributed by atoms with Crippen LogP contribution in [0.25, 0.3) is 0 Å². The number of phenolic OH excluding ortho intramolecular Hbond substituents is 2. The minimum atomic E-state index is -5.16. The van der Waals surface area contributed by atoms with E-state index in [0.29, 0.717) is 0 Å². The molecule has 5 nitrogen and oxygen atoms in total. The molecule has 0 aliphatic heterocycles. The third-order valence-electron chi connectivity index (χ3n) is 4.40. The van der Waals surface area contributed by atoms with E-state index >= 15 is 0 Å². The molecule has 0 amide bonds. The van der Waals surface area contributed by atoms with Crippen molar-refractivity contribution in [2.75, 3.05) is 0 Å². The molecule has 29 heavy (non-hydrogen) atoms. The van der Waals surface area contributed by atoms with Crippen LogP contribution < -0.4 is 0 Å². The van der Waals surface area contributed by atoms with E-state index < -0.39 is 31.9 Å². The Labute approximate surface area is 186 Å². The van der Waals surface area contributed by atoms with Crippen LogP contribution in [0.3, 0.4) is 0 Å². The van der Waals surface area contributed by atoms with Crippen LogP contribution in [0.2, 0.25) is 20.1 Å². The van der Waals surface area contributed by atoms with E-state index in [1.54, 1.807) is 6.07 Å². The van der Waals surface area contributed by atoms with Gasteiger partial charge in [-0.25, -0.2) is 0 Å². The summed E-state index contributed by atoms with van der Waals surface area (Å²) < 4.78 is 34.0. The third kappa shape index (κ3) is 3.54. The number of hydrogen-bond donors (Lipinski definition) is 3. The number of halogens is 4. The maximum absolute atomic E-state index is 13.0. The van der Waals surface area contributed by atoms with Crippen molar-refractivity contribution < 1.29 is 23.2 Å². The topological polar surface area (TPSA) is 94.8 Å². The molecule has 0 aromatic heterocycles. The Morgan fingerprint density at radius 1 is 0.828 bits per heavy atom. The van der Waals surface area contributed by atoms with Gasteiger partial charge >= 0.3 is 0 Å². The Balaban J connectivity index is 2.69. The molecule has 3 N–H and O–H groups in total. The van der Waals surface area contributed by atoms with E-state index in [1.807, 2.05) is 0 Å². The maximum Gasteiger partial charge on any atom is 0.283 e. The molecule has 0 bridgehead atoms. The highest BCUT2D eigenvalue weighted by molar-refractivity contribution is 7.87. The number of hydrogen-bond acceptors (Lipinski definition) is 4. The van der Waals surface area contributed by atoms with Crippen molar-refractivity contribution >= 4 is 56.5 Å². The van der Waals surface area contributed by atoms with Crippen molar-refractivity contribution in [2.45, 2.75) is 4.75 Å². The fourth-order valence-electron chi connectivity index (χ4n) is 3.23. The van der Waals surface area contributed by atoms with Crippen LogP contribution in [0.15, 0.2) is 54.6 Å². The Morgan fingerprint density at radius 2 is 1.45 bits per heavy atom. The standard InChI is InChI=1S/C19H12Cl4O5S/c20-11-8-12(17(23)14(22)9-11)19(29(26,27)28,10-4-2-1-3-5-10)16-13(21)6-7-15(24)18(16)25/h1-9,24-25H,(H,26,27,28). The second-order valence-corrected chi connectivity index (χ2v) is 9.25. The van der Waals surface area contributed by atoms with Crippen molar-refractivity contribution in [3.63, 3.8) is 0 Å². The molecule has 0 radical (unpaired) electrons. The normalized spacial score (nSPS) is 13.8. The molecule has 0 fully saturated rings. The van der Waals surface area contributed by atoms with Crippen LogP contribution in [0.4, 0.5) is 0 Å². The van der Waals surface area contributed by atoms with Gasteiger partial charge < -0.3 is 10.2 Å². The third-order valence-corrected chi connectivity index (χ3v) is 7.17. The van der Waals surface area contributed by atoms with Gasteiger partial charge in [-0.15, -0.1) is 0 Å². The minimum Gasteiger partial charge on any atom is -0.504 e. The lowest BCUT2D eigenvalue weighted by molar-refractivity contribution is 0.394. The van der Waals surface area contributed by atoms with Gasteiger partial charge in [-0.05, 0) is 29.8 Å². The molecule has 152 valence electrons. The van der Waals surface area contributed by atoms with Gasteiger partial charge in [0.05, 0.1) is 15.1 Å². The Morgan fingerprint density at radius 3 is 2.03 bits per heavy atom. The van der Waals surface area contributed by atoms with Gasteiger partial charge in [0.2, 0.25) is 0 Å². The molecular formula is C19H12Cl4O5S. The summed E-state index contributed by atoms with van der Waals surface area (Å²) in [6.07, 6.45) is 0. The van der Waals surface area contributed by atoms with Gasteiger partial charge in [0.15, 0.2) is 16.2 Å². The van der Waals surface area contributed by atoms with Gasteiger partial charge in [-0.1, -0.05) is 76.7 Å². The van der Waals surface area contributed by atoms with Crippen LogP contribution in [0, 0.1) is 0 Å². The second-order valence-electron chi connectivity index (χ2n) is 6.06. The molecule has 1 atom stereocenters. The van der Waals surface area contributed by atoms with Crippen LogP contribution in [-0.2, 0) is 14.9 Å². The Hall–Kier alpha value is -1.67. The van der Waals surface area contributed by atoms with Crippen molar-refractivity contribution in [3.05, 3.63) is 91.4 Å². The van der Waals surface area contributed by atoms with Gasteiger partial charge in [-0.2, -0.15) is 8.42 Å². The number of phenols is 2. The van der Waals surface area contributed by atoms with Gasteiger partial charge in [0.1, 0.15) is 0 Å². The molecule has 0 aliphatic carbocycles. The van der Waals surface area contributed by atoms with E-state index in [9.17, 15) is 23.2 Å². The van der Waals surface area contributed by atoms with Crippen molar-refractivity contribution in [3.8, 4) is 11.5 Å². The molecule has 3 rings (SSSR count). The zero-order valence-electron chi connectivity index (χ0n) is 14.3. The summed E-state index contributed by atoms with van der Waals surface area (Å²) >= 11 is 24.8. The first-order valence-electron chi connectivity index (χ1n) is 7.90. The Bertz CT molecular complexity index is 1200. The molecule has 0 aliphatic rings. The van der Waals surface area contributed by atoms with Crippen LogP contribution in [-0.4, -0.2) is 23.2 Å². The smallest absolute Gasteiger partial charge is 0.283 e. The lowest BCUT2D eigenvalue weighted by Gasteiger charge is -2.34. The first kappa shape index (κ1) is 22.0. The average Bonchev–Trinajstić information content (AvgIpc) is 2.65. The fourth-order valence-corrected chi connectivity index (χ4v) is 5.71. The summed E-state index contributed by atoms with van der Waals surface area (Å²) in [6, 6.07) is 12.2.